The van der Waals surface area contributed by atoms with Crippen LogP contribution in [0, 0.1) is 10.1 Å². The molecule has 7 nitrogen and oxygen atoms in total. The molecule has 7 heteroatoms. The van der Waals surface area contributed by atoms with E-state index in [0.717, 1.165) is 11.1 Å². The molecule has 0 bridgehead atoms. The van der Waals surface area contributed by atoms with Crippen LogP contribution < -0.4 is 0 Å². The highest BCUT2D eigenvalue weighted by molar-refractivity contribution is 5.64. The summed E-state index contributed by atoms with van der Waals surface area (Å²) in [4.78, 5) is 17.7. The average molecular weight is 267 g/mol. The zero-order chi connectivity index (χ0) is 13.9. The van der Waals surface area contributed by atoms with E-state index >= 15 is 0 Å². The van der Waals surface area contributed by atoms with Gasteiger partial charge < -0.3 is 10.1 Å². The first-order valence-corrected chi connectivity index (χ1v) is 5.82. The fourth-order valence-corrected chi connectivity index (χ4v) is 1.80. The minimum Gasteiger partial charge on any atom is -0.390 e. The van der Waals surface area contributed by atoms with Gasteiger partial charge in [0.1, 0.15) is 0 Å². The molecule has 2 heterocycles. The highest BCUT2D eigenvalue weighted by Gasteiger charge is 2.15. The van der Waals surface area contributed by atoms with E-state index < -0.39 is 10.9 Å². The molecule has 20 heavy (non-hydrogen) atoms. The minimum absolute atomic E-state index is 0.447. The summed E-state index contributed by atoms with van der Waals surface area (Å²) in [6, 6.07) is 13.4. The molecule has 0 N–H and O–H groups in total. The lowest BCUT2D eigenvalue weighted by molar-refractivity contribution is -0.394. The van der Waals surface area contributed by atoms with Gasteiger partial charge in [-0.1, -0.05) is 35.3 Å². The second kappa shape index (κ2) is 4.88. The summed E-state index contributed by atoms with van der Waals surface area (Å²) in [6.07, 6.45) is 2.90. The Morgan fingerprint density at radius 3 is 2.55 bits per heavy atom. The van der Waals surface area contributed by atoms with Gasteiger partial charge in [-0.25, -0.2) is 4.98 Å². The quantitative estimate of drug-likeness (QED) is 0.536. The van der Waals surface area contributed by atoms with E-state index in [1.165, 1.54) is 11.0 Å². The molecule has 0 amide bonds. The highest BCUT2D eigenvalue weighted by Crippen LogP contribution is 2.20. The van der Waals surface area contributed by atoms with Crippen LogP contribution in [-0.4, -0.2) is 24.7 Å². The molecule has 0 aliphatic carbocycles. The molecular weight excluding hydrogens is 258 g/mol. The van der Waals surface area contributed by atoms with E-state index in [1.807, 2.05) is 36.4 Å². The van der Waals surface area contributed by atoms with Crippen LogP contribution in [0.1, 0.15) is 0 Å². The number of aromatic nitrogens is 4. The van der Waals surface area contributed by atoms with Gasteiger partial charge in [0, 0.05) is 11.3 Å². The molecule has 0 spiro atoms. The number of pyridine rings is 1. The Labute approximate surface area is 113 Å². The van der Waals surface area contributed by atoms with Crippen molar-refractivity contribution in [2.75, 3.05) is 0 Å². The van der Waals surface area contributed by atoms with Crippen molar-refractivity contribution >= 4 is 5.95 Å². The molecule has 0 fully saturated rings. The SMILES string of the molecule is O=[N+]([O-])c1ncn(-c2cc(-c3ccccc3)ccn2)n1. The van der Waals surface area contributed by atoms with E-state index in [1.54, 1.807) is 12.3 Å². The van der Waals surface area contributed by atoms with Crippen molar-refractivity contribution < 1.29 is 4.92 Å². The van der Waals surface area contributed by atoms with Crippen molar-refractivity contribution in [2.45, 2.75) is 0 Å². The Bertz CT molecular complexity index is 754. The summed E-state index contributed by atoms with van der Waals surface area (Å²) in [5, 5.41) is 14.3. The average Bonchev–Trinajstić information content (AvgIpc) is 2.98. The summed E-state index contributed by atoms with van der Waals surface area (Å²) in [5.74, 6) is 0.0314. The molecule has 0 radical (unpaired) electrons. The van der Waals surface area contributed by atoms with Gasteiger partial charge in [-0.15, -0.1) is 4.68 Å². The third-order valence-corrected chi connectivity index (χ3v) is 2.73. The van der Waals surface area contributed by atoms with E-state index in [4.69, 9.17) is 0 Å². The van der Waals surface area contributed by atoms with Crippen LogP contribution in [0.25, 0.3) is 16.9 Å². The maximum atomic E-state index is 10.6. The van der Waals surface area contributed by atoms with Gasteiger partial charge in [-0.05, 0) is 28.2 Å². The van der Waals surface area contributed by atoms with Crippen LogP contribution in [0.15, 0.2) is 55.0 Å². The van der Waals surface area contributed by atoms with Gasteiger partial charge >= 0.3 is 5.95 Å². The fourth-order valence-electron chi connectivity index (χ4n) is 1.80. The zero-order valence-corrected chi connectivity index (χ0v) is 10.2. The Morgan fingerprint density at radius 1 is 1.05 bits per heavy atom. The number of nitrogens with zero attached hydrogens (tertiary/aromatic N) is 5. The summed E-state index contributed by atoms with van der Waals surface area (Å²) in [7, 11) is 0. The first kappa shape index (κ1) is 12.0. The number of hydrogen-bond donors (Lipinski definition) is 0. The number of nitro groups is 1. The van der Waals surface area contributed by atoms with Crippen LogP contribution in [-0.2, 0) is 0 Å². The molecule has 0 aliphatic rings. The van der Waals surface area contributed by atoms with Crippen molar-refractivity contribution in [2.24, 2.45) is 0 Å². The molecule has 3 aromatic rings. The normalized spacial score (nSPS) is 10.4. The molecule has 3 rings (SSSR count). The lowest BCUT2D eigenvalue weighted by atomic mass is 10.1. The lowest BCUT2D eigenvalue weighted by Crippen LogP contribution is -1.99. The maximum absolute atomic E-state index is 10.6. The van der Waals surface area contributed by atoms with Gasteiger partial charge in [-0.3, -0.25) is 0 Å². The molecule has 0 saturated carbocycles. The van der Waals surface area contributed by atoms with Gasteiger partial charge in [-0.2, -0.15) is 0 Å². The molecule has 0 atom stereocenters. The van der Waals surface area contributed by atoms with E-state index in [0.29, 0.717) is 5.82 Å². The van der Waals surface area contributed by atoms with Crippen molar-refractivity contribution in [1.29, 1.82) is 0 Å². The predicted molar refractivity (Wildman–Crippen MR) is 71.2 cm³/mol. The summed E-state index contributed by atoms with van der Waals surface area (Å²) in [6.45, 7) is 0. The summed E-state index contributed by atoms with van der Waals surface area (Å²) >= 11 is 0. The van der Waals surface area contributed by atoms with Crippen molar-refractivity contribution in [1.82, 2.24) is 19.7 Å². The topological polar surface area (TPSA) is 86.7 Å². The second-order valence-corrected chi connectivity index (χ2v) is 4.01. The summed E-state index contributed by atoms with van der Waals surface area (Å²) in [5.41, 5.74) is 1.99. The smallest absolute Gasteiger partial charge is 0.390 e. The Morgan fingerprint density at radius 2 is 1.85 bits per heavy atom. The third-order valence-electron chi connectivity index (χ3n) is 2.73. The first-order valence-electron chi connectivity index (χ1n) is 5.82. The Balaban J connectivity index is 2.01. The van der Waals surface area contributed by atoms with Gasteiger partial charge in [0.2, 0.25) is 6.33 Å². The largest absolute Gasteiger partial charge is 0.491 e. The van der Waals surface area contributed by atoms with Crippen LogP contribution >= 0.6 is 0 Å². The van der Waals surface area contributed by atoms with Gasteiger partial charge in [0.05, 0.1) is 0 Å². The molecule has 98 valence electrons. The van der Waals surface area contributed by atoms with Gasteiger partial charge in [0.15, 0.2) is 5.82 Å². The van der Waals surface area contributed by atoms with Crippen LogP contribution in [0.2, 0.25) is 0 Å². The second-order valence-electron chi connectivity index (χ2n) is 4.01. The zero-order valence-electron chi connectivity index (χ0n) is 10.2. The molecule has 0 unspecified atom stereocenters. The number of hydrogen-bond acceptors (Lipinski definition) is 5. The molecule has 0 saturated heterocycles. The van der Waals surface area contributed by atoms with Crippen LogP contribution in [0.3, 0.4) is 0 Å². The van der Waals surface area contributed by atoms with Gasteiger partial charge in [0.25, 0.3) is 0 Å². The van der Waals surface area contributed by atoms with Crippen molar-refractivity contribution in [3.63, 3.8) is 0 Å². The van der Waals surface area contributed by atoms with E-state index in [-0.39, 0.29) is 0 Å². The lowest BCUT2D eigenvalue weighted by Gasteiger charge is -2.02. The summed E-state index contributed by atoms with van der Waals surface area (Å²) < 4.78 is 1.28. The van der Waals surface area contributed by atoms with Crippen molar-refractivity contribution in [3.05, 3.63) is 65.1 Å². The predicted octanol–water partition coefficient (Wildman–Crippen LogP) is 2.24. The molecular formula is C13H9N5O2. The molecule has 2 aromatic heterocycles. The first-order chi connectivity index (χ1) is 9.74. The monoisotopic (exact) mass is 267 g/mol. The highest BCUT2D eigenvalue weighted by atomic mass is 16.6. The van der Waals surface area contributed by atoms with E-state index in [9.17, 15) is 10.1 Å². The third kappa shape index (κ3) is 2.24. The molecule has 0 aliphatic heterocycles. The maximum Gasteiger partial charge on any atom is 0.491 e. The van der Waals surface area contributed by atoms with Crippen LogP contribution in [0.4, 0.5) is 5.95 Å². The fraction of sp³-hybridized carbons (Fsp3) is 0. The number of benzene rings is 1. The Hall–Kier alpha value is -3.09. The Kier molecular flexibility index (Phi) is 2.92. The number of rotatable bonds is 3. The van der Waals surface area contributed by atoms with E-state index in [2.05, 4.69) is 15.1 Å². The van der Waals surface area contributed by atoms with Crippen molar-refractivity contribution in [3.8, 4) is 16.9 Å². The minimum atomic E-state index is -0.641. The standard InChI is InChI=1S/C13H9N5O2/c19-18(20)13-15-9-17(16-13)12-8-11(6-7-14-12)10-4-2-1-3-5-10/h1-9H. The molecule has 1 aromatic carbocycles. The van der Waals surface area contributed by atoms with Crippen LogP contribution in [0.5, 0.6) is 0 Å².